The number of nitrogens with one attached hydrogen (secondary N) is 2. The zero-order valence-electron chi connectivity index (χ0n) is 7.33. The molecule has 0 aliphatic carbocycles. The van der Waals surface area contributed by atoms with Crippen LogP contribution in [0.1, 0.15) is 0 Å². The van der Waals surface area contributed by atoms with Gasteiger partial charge in [0.2, 0.25) is 0 Å². The Hall–Kier alpha value is -0.860. The summed E-state index contributed by atoms with van der Waals surface area (Å²) in [7, 11) is 0. The van der Waals surface area contributed by atoms with E-state index in [4.69, 9.17) is 5.11 Å². The van der Waals surface area contributed by atoms with Gasteiger partial charge in [-0.2, -0.15) is 0 Å². The van der Waals surface area contributed by atoms with E-state index >= 15 is 0 Å². The molecule has 2 aliphatic rings. The molecule has 0 radical (unpaired) electrons. The second-order valence-electron chi connectivity index (χ2n) is 3.37. The van der Waals surface area contributed by atoms with E-state index in [1.807, 2.05) is 0 Å². The van der Waals surface area contributed by atoms with Crippen molar-refractivity contribution in [1.29, 1.82) is 0 Å². The number of aliphatic hydroxyl groups excluding tert-OH is 4. The first kappa shape index (κ1) is 9.69. The maximum atomic E-state index is 9.55. The molecule has 0 aromatic carbocycles. The van der Waals surface area contributed by atoms with Crippen molar-refractivity contribution in [2.24, 2.45) is 0 Å². The molecule has 0 saturated carbocycles. The monoisotopic (exact) mass is 203 g/mol. The fourth-order valence-corrected chi connectivity index (χ4v) is 1.74. The first-order valence-corrected chi connectivity index (χ1v) is 4.32. The number of piperidine rings is 1. The van der Waals surface area contributed by atoms with Crippen molar-refractivity contribution in [3.63, 3.8) is 0 Å². The van der Waals surface area contributed by atoms with Gasteiger partial charge in [0.15, 0.2) is 0 Å². The van der Waals surface area contributed by atoms with Crippen LogP contribution in [-0.4, -0.2) is 56.4 Å². The van der Waals surface area contributed by atoms with E-state index in [0.717, 1.165) is 0 Å². The van der Waals surface area contributed by atoms with Crippen LogP contribution in [0, 0.1) is 0 Å². The van der Waals surface area contributed by atoms with E-state index in [2.05, 4.69) is 11.0 Å². The number of hydrazine groups is 2. The Balaban J connectivity index is 2.26. The lowest BCUT2D eigenvalue weighted by Crippen LogP contribution is -2.63. The third-order valence-corrected chi connectivity index (χ3v) is 2.57. The van der Waals surface area contributed by atoms with Crippen molar-refractivity contribution < 1.29 is 20.4 Å². The van der Waals surface area contributed by atoms with Crippen LogP contribution in [0.2, 0.25) is 0 Å². The van der Waals surface area contributed by atoms with Crippen molar-refractivity contribution in [3.05, 3.63) is 11.9 Å². The number of aliphatic hydroxyl groups is 4. The van der Waals surface area contributed by atoms with Crippen LogP contribution in [0.3, 0.4) is 0 Å². The molecule has 2 rings (SSSR count). The lowest BCUT2D eigenvalue weighted by Gasteiger charge is -2.42. The van der Waals surface area contributed by atoms with E-state index in [1.54, 1.807) is 0 Å². The van der Waals surface area contributed by atoms with E-state index in [0.29, 0.717) is 5.70 Å². The van der Waals surface area contributed by atoms with Gasteiger partial charge in [0.05, 0.1) is 18.3 Å². The van der Waals surface area contributed by atoms with Crippen LogP contribution in [0.15, 0.2) is 11.9 Å². The summed E-state index contributed by atoms with van der Waals surface area (Å²) < 4.78 is 0. The van der Waals surface area contributed by atoms with E-state index in [-0.39, 0.29) is 6.61 Å². The Kier molecular flexibility index (Phi) is 2.33. The Labute approximate surface area is 80.2 Å². The topological polar surface area (TPSA) is 108 Å². The summed E-state index contributed by atoms with van der Waals surface area (Å²) in [5.74, 6) is 0. The molecule has 0 aromatic heterocycles. The standard InChI is InChI=1S/C7H13N3O4/c11-2-4-6(13)7(14)5(12)3-1-8-9-10(3)4/h1,4-9,11-14H,2H2. The third-order valence-electron chi connectivity index (χ3n) is 2.57. The molecule has 14 heavy (non-hydrogen) atoms. The smallest absolute Gasteiger partial charge is 0.125 e. The molecule has 0 bridgehead atoms. The van der Waals surface area contributed by atoms with Crippen molar-refractivity contribution in [2.75, 3.05) is 6.61 Å². The summed E-state index contributed by atoms with van der Waals surface area (Å²) in [6, 6.07) is -0.672. The summed E-state index contributed by atoms with van der Waals surface area (Å²) in [5, 5.41) is 39.0. The quantitative estimate of drug-likeness (QED) is 0.264. The number of rotatable bonds is 1. The largest absolute Gasteiger partial charge is 0.394 e. The summed E-state index contributed by atoms with van der Waals surface area (Å²) in [6.07, 6.45) is -2.16. The molecular formula is C7H13N3O4. The van der Waals surface area contributed by atoms with Gasteiger partial charge >= 0.3 is 0 Å². The van der Waals surface area contributed by atoms with Crippen molar-refractivity contribution in [3.8, 4) is 0 Å². The van der Waals surface area contributed by atoms with Crippen LogP contribution in [0.4, 0.5) is 0 Å². The van der Waals surface area contributed by atoms with E-state index in [1.165, 1.54) is 11.2 Å². The Bertz CT molecular complexity index is 259. The van der Waals surface area contributed by atoms with Crippen LogP contribution < -0.4 is 11.0 Å². The fourth-order valence-electron chi connectivity index (χ4n) is 1.74. The van der Waals surface area contributed by atoms with Gasteiger partial charge in [0.25, 0.3) is 0 Å². The Morgan fingerprint density at radius 3 is 2.64 bits per heavy atom. The molecular weight excluding hydrogens is 190 g/mol. The second kappa shape index (κ2) is 3.37. The van der Waals surface area contributed by atoms with Crippen LogP contribution >= 0.6 is 0 Å². The van der Waals surface area contributed by atoms with Gasteiger partial charge < -0.3 is 25.9 Å². The highest BCUT2D eigenvalue weighted by molar-refractivity contribution is 5.17. The van der Waals surface area contributed by atoms with Crippen LogP contribution in [-0.2, 0) is 0 Å². The lowest BCUT2D eigenvalue weighted by atomic mass is 9.93. The summed E-state index contributed by atoms with van der Waals surface area (Å²) in [6.45, 7) is -0.322. The SMILES string of the molecule is OCC1C(O)C(O)C(O)C2=CNNN21. The van der Waals surface area contributed by atoms with Gasteiger partial charge in [-0.25, -0.2) is 0 Å². The van der Waals surface area contributed by atoms with Gasteiger partial charge in [-0.05, 0) is 0 Å². The van der Waals surface area contributed by atoms with Gasteiger partial charge in [0, 0.05) is 6.20 Å². The predicted molar refractivity (Wildman–Crippen MR) is 45.1 cm³/mol. The Morgan fingerprint density at radius 1 is 1.29 bits per heavy atom. The minimum Gasteiger partial charge on any atom is -0.394 e. The Morgan fingerprint density at radius 2 is 2.00 bits per heavy atom. The molecule has 2 aliphatic heterocycles. The lowest BCUT2D eigenvalue weighted by molar-refractivity contribution is -0.130. The molecule has 4 atom stereocenters. The fraction of sp³-hybridized carbons (Fsp3) is 0.714. The number of hydrogen-bond donors (Lipinski definition) is 6. The zero-order valence-corrected chi connectivity index (χ0v) is 7.33. The van der Waals surface area contributed by atoms with Crippen molar-refractivity contribution >= 4 is 0 Å². The summed E-state index contributed by atoms with van der Waals surface area (Å²) in [5.41, 5.74) is 5.67. The molecule has 0 spiro atoms. The highest BCUT2D eigenvalue weighted by atomic mass is 16.4. The number of nitrogens with zero attached hydrogens (tertiary/aromatic N) is 1. The molecule has 80 valence electrons. The molecule has 7 heteroatoms. The highest BCUT2D eigenvalue weighted by Gasteiger charge is 2.45. The first-order valence-electron chi connectivity index (χ1n) is 4.32. The average molecular weight is 203 g/mol. The van der Waals surface area contributed by atoms with Gasteiger partial charge in [-0.3, -0.25) is 5.01 Å². The minimum absolute atomic E-state index is 0.322. The van der Waals surface area contributed by atoms with Crippen molar-refractivity contribution in [1.82, 2.24) is 16.0 Å². The maximum absolute atomic E-state index is 9.55. The van der Waals surface area contributed by atoms with Crippen LogP contribution in [0.5, 0.6) is 0 Å². The van der Waals surface area contributed by atoms with E-state index in [9.17, 15) is 15.3 Å². The number of hydrogen-bond acceptors (Lipinski definition) is 7. The molecule has 0 aromatic rings. The third kappa shape index (κ3) is 1.18. The van der Waals surface area contributed by atoms with Gasteiger partial charge in [-0.15, -0.1) is 5.53 Å². The van der Waals surface area contributed by atoms with E-state index < -0.39 is 24.4 Å². The van der Waals surface area contributed by atoms with Gasteiger partial charge in [0.1, 0.15) is 18.3 Å². The molecule has 0 amide bonds. The van der Waals surface area contributed by atoms with Gasteiger partial charge in [-0.1, -0.05) is 0 Å². The summed E-state index contributed by atoms with van der Waals surface area (Å²) >= 11 is 0. The molecule has 1 fully saturated rings. The molecule has 4 unspecified atom stereocenters. The second-order valence-corrected chi connectivity index (χ2v) is 3.37. The number of fused-ring (bicyclic) bond motifs is 1. The molecule has 2 heterocycles. The van der Waals surface area contributed by atoms with Crippen molar-refractivity contribution in [2.45, 2.75) is 24.4 Å². The first-order chi connectivity index (χ1) is 6.66. The molecule has 1 saturated heterocycles. The van der Waals surface area contributed by atoms with Crippen LogP contribution in [0.25, 0.3) is 0 Å². The molecule has 7 nitrogen and oxygen atoms in total. The maximum Gasteiger partial charge on any atom is 0.125 e. The highest BCUT2D eigenvalue weighted by Crippen LogP contribution is 2.26. The zero-order chi connectivity index (χ0) is 10.3. The molecule has 6 N–H and O–H groups in total. The predicted octanol–water partition coefficient (Wildman–Crippen LogP) is -3.39. The normalized spacial score (nSPS) is 41.7. The summed E-state index contributed by atoms with van der Waals surface area (Å²) in [4.78, 5) is 0. The average Bonchev–Trinajstić information content (AvgIpc) is 2.64. The minimum atomic E-state index is -1.28.